The molecule has 1 unspecified atom stereocenters. The molecule has 0 aromatic heterocycles. The first-order valence-corrected chi connectivity index (χ1v) is 13.7. The highest BCUT2D eigenvalue weighted by Crippen LogP contribution is 2.38. The van der Waals surface area contributed by atoms with Gasteiger partial charge in [0.15, 0.2) is 5.76 Å². The molecular weight excluding hydrogens is 581 g/mol. The summed E-state index contributed by atoms with van der Waals surface area (Å²) in [4.78, 5) is 38.3. The summed E-state index contributed by atoms with van der Waals surface area (Å²) in [5.41, 5.74) is -1.88. The number of rotatable bonds is 11. The molecule has 13 heteroatoms. The van der Waals surface area contributed by atoms with Crippen molar-refractivity contribution in [2.75, 3.05) is 5.75 Å². The van der Waals surface area contributed by atoms with Gasteiger partial charge < -0.3 is 9.47 Å². The number of non-ortho nitro benzene ring substituents is 1. The minimum absolute atomic E-state index is 0.119. The van der Waals surface area contributed by atoms with E-state index in [-0.39, 0.29) is 35.2 Å². The number of halogens is 3. The van der Waals surface area contributed by atoms with Gasteiger partial charge in [-0.05, 0) is 48.1 Å². The minimum Gasteiger partial charge on any atom is -0.477 e. The third-order valence-corrected chi connectivity index (χ3v) is 7.25. The quantitative estimate of drug-likeness (QED) is 0.0520. The molecule has 1 saturated heterocycles. The Balaban J connectivity index is 2.10. The SMILES string of the molecule is C=CCSC1CC(=O)N1C(C(=S)OCc1ccc([N+](=O)[O-])cc1)=C(Oc1cccc(C(F)(F)F)c1)C(=O)C(C)(C)C. The van der Waals surface area contributed by atoms with Crippen LogP contribution in [0, 0.1) is 15.5 Å². The van der Waals surface area contributed by atoms with E-state index in [1.165, 1.54) is 47.0 Å². The molecule has 0 bridgehead atoms. The van der Waals surface area contributed by atoms with E-state index in [4.69, 9.17) is 21.7 Å². The molecule has 0 saturated carbocycles. The number of alkyl halides is 3. The zero-order valence-electron chi connectivity index (χ0n) is 22.4. The molecule has 2 aromatic rings. The Morgan fingerprint density at radius 2 is 1.88 bits per heavy atom. The van der Waals surface area contributed by atoms with E-state index in [1.807, 2.05) is 0 Å². The number of ketones is 1. The number of hydrogen-bond donors (Lipinski definition) is 0. The Morgan fingerprint density at radius 3 is 2.41 bits per heavy atom. The molecule has 41 heavy (non-hydrogen) atoms. The number of β-lactam (4-membered cyclic amide) rings is 1. The van der Waals surface area contributed by atoms with Crippen molar-refractivity contribution in [3.05, 3.63) is 93.9 Å². The van der Waals surface area contributed by atoms with E-state index in [2.05, 4.69) is 6.58 Å². The summed E-state index contributed by atoms with van der Waals surface area (Å²) < 4.78 is 51.8. The fourth-order valence-corrected chi connectivity index (χ4v) is 4.84. The van der Waals surface area contributed by atoms with Gasteiger partial charge in [-0.15, -0.1) is 18.3 Å². The number of amides is 1. The normalized spacial score (nSPS) is 15.9. The van der Waals surface area contributed by atoms with Crippen molar-refractivity contribution < 1.29 is 37.2 Å². The molecule has 0 spiro atoms. The number of thioether (sulfide) groups is 1. The number of nitrogens with zero attached hydrogens (tertiary/aromatic N) is 2. The van der Waals surface area contributed by atoms with Crippen LogP contribution in [0.15, 0.2) is 72.6 Å². The molecule has 2 aromatic carbocycles. The monoisotopic (exact) mass is 608 g/mol. The summed E-state index contributed by atoms with van der Waals surface area (Å²) in [6.07, 6.45) is -2.91. The van der Waals surface area contributed by atoms with Crippen molar-refractivity contribution >= 4 is 46.4 Å². The van der Waals surface area contributed by atoms with Crippen LogP contribution in [-0.2, 0) is 27.1 Å². The van der Waals surface area contributed by atoms with E-state index in [0.29, 0.717) is 11.3 Å². The molecule has 0 N–H and O–H groups in total. The van der Waals surface area contributed by atoms with Crippen LogP contribution in [0.4, 0.5) is 18.9 Å². The van der Waals surface area contributed by atoms with Crippen LogP contribution in [0.3, 0.4) is 0 Å². The lowest BCUT2D eigenvalue weighted by Gasteiger charge is -2.41. The topological polar surface area (TPSA) is 99.0 Å². The lowest BCUT2D eigenvalue weighted by Crippen LogP contribution is -2.53. The van der Waals surface area contributed by atoms with Gasteiger partial charge in [0, 0.05) is 23.3 Å². The number of carbonyl (C=O) groups excluding carboxylic acids is 2. The highest BCUT2D eigenvalue weighted by Gasteiger charge is 2.45. The number of nitro benzene ring substituents is 1. The second-order valence-electron chi connectivity index (χ2n) is 9.93. The number of nitro groups is 1. The van der Waals surface area contributed by atoms with Crippen LogP contribution >= 0.6 is 24.0 Å². The first-order chi connectivity index (χ1) is 19.1. The van der Waals surface area contributed by atoms with Gasteiger partial charge in [0.05, 0.1) is 22.3 Å². The number of allylic oxidation sites excluding steroid dienone is 1. The maximum Gasteiger partial charge on any atom is 0.416 e. The van der Waals surface area contributed by atoms with Crippen LogP contribution in [0.2, 0.25) is 0 Å². The molecule has 1 aliphatic heterocycles. The molecule has 1 atom stereocenters. The number of Topliss-reactive ketones (excluding diaryl/α,β-unsaturated/α-hetero) is 1. The first-order valence-electron chi connectivity index (χ1n) is 12.2. The smallest absolute Gasteiger partial charge is 0.416 e. The molecule has 8 nitrogen and oxygen atoms in total. The number of carbonyl (C=O) groups is 2. The zero-order chi connectivity index (χ0) is 30.5. The second kappa shape index (κ2) is 12.9. The summed E-state index contributed by atoms with van der Waals surface area (Å²) in [6, 6.07) is 9.49. The van der Waals surface area contributed by atoms with Crippen LogP contribution in [0.5, 0.6) is 5.75 Å². The van der Waals surface area contributed by atoms with Crippen LogP contribution in [-0.4, -0.2) is 37.7 Å². The van der Waals surface area contributed by atoms with E-state index in [1.54, 1.807) is 26.8 Å². The molecular formula is C28H27F3N2O6S2. The molecule has 0 radical (unpaired) electrons. The standard InChI is InChI=1S/C28H27F3N2O6S2/c1-5-13-41-22-15-21(34)32(22)23(26(40)38-16-17-9-11-19(12-10-17)33(36)37)24(25(35)27(2,3)4)39-20-8-6-7-18(14-20)28(29,30)31/h5-12,14,22H,1,13,15-16H2,2-4H3. The molecule has 1 heterocycles. The van der Waals surface area contributed by atoms with E-state index in [9.17, 15) is 32.9 Å². The van der Waals surface area contributed by atoms with Crippen LogP contribution in [0.25, 0.3) is 0 Å². The third kappa shape index (κ3) is 7.94. The Labute approximate surface area is 244 Å². The fraction of sp³-hybridized carbons (Fsp3) is 0.321. The number of thiocarbonyl (C=S) groups is 1. The highest BCUT2D eigenvalue weighted by atomic mass is 32.2. The van der Waals surface area contributed by atoms with Gasteiger partial charge in [-0.1, -0.05) is 32.9 Å². The Bertz CT molecular complexity index is 1380. The zero-order valence-corrected chi connectivity index (χ0v) is 24.0. The summed E-state index contributed by atoms with van der Waals surface area (Å²) in [5, 5.41) is 10.2. The van der Waals surface area contributed by atoms with E-state index in [0.717, 1.165) is 18.2 Å². The largest absolute Gasteiger partial charge is 0.477 e. The van der Waals surface area contributed by atoms with Crippen molar-refractivity contribution in [2.45, 2.75) is 45.3 Å². The fourth-order valence-electron chi connectivity index (χ4n) is 3.60. The van der Waals surface area contributed by atoms with Crippen molar-refractivity contribution in [1.82, 2.24) is 4.90 Å². The summed E-state index contributed by atoms with van der Waals surface area (Å²) in [5.74, 6) is -1.28. The lowest BCUT2D eigenvalue weighted by molar-refractivity contribution is -0.384. The summed E-state index contributed by atoms with van der Waals surface area (Å²) in [6.45, 7) is 8.27. The molecule has 218 valence electrons. The van der Waals surface area contributed by atoms with Crippen molar-refractivity contribution in [2.24, 2.45) is 5.41 Å². The van der Waals surface area contributed by atoms with Gasteiger partial charge in [0.25, 0.3) is 5.69 Å². The Kier molecular flexibility index (Phi) is 9.98. The van der Waals surface area contributed by atoms with Crippen molar-refractivity contribution in [3.63, 3.8) is 0 Å². The Hall–Kier alpha value is -3.71. The maximum atomic E-state index is 13.7. The predicted octanol–water partition coefficient (Wildman–Crippen LogP) is 6.84. The van der Waals surface area contributed by atoms with Crippen LogP contribution in [0.1, 0.15) is 38.3 Å². The van der Waals surface area contributed by atoms with E-state index >= 15 is 0 Å². The van der Waals surface area contributed by atoms with Gasteiger partial charge >= 0.3 is 6.18 Å². The van der Waals surface area contributed by atoms with Gasteiger partial charge in [-0.25, -0.2) is 0 Å². The molecule has 1 amide bonds. The van der Waals surface area contributed by atoms with Crippen molar-refractivity contribution in [3.8, 4) is 5.75 Å². The first kappa shape index (κ1) is 31.8. The van der Waals surface area contributed by atoms with Gasteiger partial charge in [0.2, 0.25) is 16.7 Å². The van der Waals surface area contributed by atoms with Crippen molar-refractivity contribution in [1.29, 1.82) is 0 Å². The number of likely N-dealkylation sites (tertiary alicyclic amines) is 1. The number of ether oxygens (including phenoxy) is 2. The van der Waals surface area contributed by atoms with Crippen LogP contribution < -0.4 is 4.74 Å². The predicted molar refractivity (Wildman–Crippen MR) is 152 cm³/mol. The average molecular weight is 609 g/mol. The minimum atomic E-state index is -4.66. The van der Waals surface area contributed by atoms with Gasteiger partial charge in [0.1, 0.15) is 18.1 Å². The number of hydrogen-bond acceptors (Lipinski definition) is 8. The van der Waals surface area contributed by atoms with Gasteiger partial charge in [-0.2, -0.15) is 13.2 Å². The maximum absolute atomic E-state index is 13.7. The molecule has 0 aliphatic carbocycles. The summed E-state index contributed by atoms with van der Waals surface area (Å²) in [7, 11) is 0. The average Bonchev–Trinajstić information content (AvgIpc) is 2.90. The number of benzene rings is 2. The second-order valence-corrected chi connectivity index (χ2v) is 11.5. The lowest BCUT2D eigenvalue weighted by atomic mass is 9.88. The van der Waals surface area contributed by atoms with Gasteiger partial charge in [-0.3, -0.25) is 24.6 Å². The highest BCUT2D eigenvalue weighted by molar-refractivity contribution is 8.00. The molecule has 3 rings (SSSR count). The van der Waals surface area contributed by atoms with E-state index < -0.39 is 44.9 Å². The molecule has 1 fully saturated rings. The third-order valence-electron chi connectivity index (χ3n) is 5.75. The Morgan fingerprint density at radius 1 is 1.22 bits per heavy atom. The summed E-state index contributed by atoms with van der Waals surface area (Å²) >= 11 is 6.88. The molecule has 1 aliphatic rings.